The molecule has 1 fully saturated rings. The van der Waals surface area contributed by atoms with Crippen LogP contribution < -0.4 is 0 Å². The van der Waals surface area contributed by atoms with Crippen LogP contribution in [0.3, 0.4) is 0 Å². The van der Waals surface area contributed by atoms with Crippen molar-refractivity contribution in [2.24, 2.45) is 0 Å². The quantitative estimate of drug-likeness (QED) is 0.431. The molecule has 3 heterocycles. The SMILES string of the molecule is O=C(CCn1cnc2cc(-c3noc(-c4ccc(Br)cc4)n3)ccc21)N1CCOCC1. The van der Waals surface area contributed by atoms with Crippen LogP contribution in [0.4, 0.5) is 0 Å². The monoisotopic (exact) mass is 481 g/mol. The maximum Gasteiger partial charge on any atom is 0.258 e. The van der Waals surface area contributed by atoms with E-state index in [0.29, 0.717) is 51.0 Å². The minimum atomic E-state index is 0.147. The van der Waals surface area contributed by atoms with E-state index in [0.717, 1.165) is 26.6 Å². The number of imidazole rings is 1. The summed E-state index contributed by atoms with van der Waals surface area (Å²) in [5.41, 5.74) is 3.48. The predicted molar refractivity (Wildman–Crippen MR) is 118 cm³/mol. The molecular formula is C22H20BrN5O3. The number of morpholine rings is 1. The summed E-state index contributed by atoms with van der Waals surface area (Å²) in [6, 6.07) is 13.6. The second kappa shape index (κ2) is 8.60. The maximum absolute atomic E-state index is 12.4. The molecule has 2 aromatic carbocycles. The van der Waals surface area contributed by atoms with Gasteiger partial charge in [0.1, 0.15) is 0 Å². The molecule has 0 saturated carbocycles. The van der Waals surface area contributed by atoms with Crippen LogP contribution in [0.5, 0.6) is 0 Å². The smallest absolute Gasteiger partial charge is 0.258 e. The van der Waals surface area contributed by atoms with Crippen molar-refractivity contribution in [1.29, 1.82) is 0 Å². The van der Waals surface area contributed by atoms with E-state index in [1.54, 1.807) is 6.33 Å². The first-order chi connectivity index (χ1) is 15.2. The fraction of sp³-hybridized carbons (Fsp3) is 0.273. The van der Waals surface area contributed by atoms with Crippen molar-refractivity contribution in [2.75, 3.05) is 26.3 Å². The summed E-state index contributed by atoms with van der Waals surface area (Å²) in [6.07, 6.45) is 2.21. The summed E-state index contributed by atoms with van der Waals surface area (Å²) in [4.78, 5) is 23.3. The molecule has 0 atom stereocenters. The van der Waals surface area contributed by atoms with E-state index in [1.807, 2.05) is 51.9 Å². The highest BCUT2D eigenvalue weighted by Crippen LogP contribution is 2.26. The number of hydrogen-bond acceptors (Lipinski definition) is 6. The molecule has 0 aliphatic carbocycles. The number of halogens is 1. The van der Waals surface area contributed by atoms with Crippen LogP contribution in [0.2, 0.25) is 0 Å². The van der Waals surface area contributed by atoms with Gasteiger partial charge in [0.25, 0.3) is 5.89 Å². The third kappa shape index (κ3) is 4.24. The highest BCUT2D eigenvalue weighted by atomic mass is 79.9. The van der Waals surface area contributed by atoms with Gasteiger partial charge < -0.3 is 18.7 Å². The average Bonchev–Trinajstić information content (AvgIpc) is 3.46. The van der Waals surface area contributed by atoms with Gasteiger partial charge in [0.2, 0.25) is 11.7 Å². The van der Waals surface area contributed by atoms with Crippen LogP contribution in [0.25, 0.3) is 33.9 Å². The zero-order valence-electron chi connectivity index (χ0n) is 16.7. The van der Waals surface area contributed by atoms with E-state index in [-0.39, 0.29) is 5.91 Å². The molecule has 0 unspecified atom stereocenters. The largest absolute Gasteiger partial charge is 0.378 e. The van der Waals surface area contributed by atoms with Crippen molar-refractivity contribution in [3.05, 3.63) is 53.3 Å². The summed E-state index contributed by atoms with van der Waals surface area (Å²) in [6.45, 7) is 3.14. The number of aryl methyl sites for hydroxylation is 1. The van der Waals surface area contributed by atoms with Gasteiger partial charge in [-0.2, -0.15) is 4.98 Å². The summed E-state index contributed by atoms with van der Waals surface area (Å²) in [5.74, 6) is 1.13. The van der Waals surface area contributed by atoms with Gasteiger partial charge in [-0.1, -0.05) is 21.1 Å². The molecule has 8 nitrogen and oxygen atoms in total. The number of carbonyl (C=O) groups excluding carboxylic acids is 1. The number of nitrogens with zero attached hydrogens (tertiary/aromatic N) is 5. The van der Waals surface area contributed by atoms with Crippen molar-refractivity contribution in [2.45, 2.75) is 13.0 Å². The van der Waals surface area contributed by atoms with Crippen molar-refractivity contribution in [3.8, 4) is 22.8 Å². The molecule has 0 spiro atoms. The molecule has 158 valence electrons. The van der Waals surface area contributed by atoms with Gasteiger partial charge in [0.05, 0.1) is 30.6 Å². The number of amides is 1. The lowest BCUT2D eigenvalue weighted by Crippen LogP contribution is -2.40. The number of fused-ring (bicyclic) bond motifs is 1. The Morgan fingerprint density at radius 1 is 1.06 bits per heavy atom. The van der Waals surface area contributed by atoms with Crippen LogP contribution in [0.15, 0.2) is 57.8 Å². The maximum atomic E-state index is 12.4. The highest BCUT2D eigenvalue weighted by molar-refractivity contribution is 9.10. The first-order valence-corrected chi connectivity index (χ1v) is 10.9. The summed E-state index contributed by atoms with van der Waals surface area (Å²) in [7, 11) is 0. The number of hydrogen-bond donors (Lipinski definition) is 0. The molecule has 1 aliphatic rings. The molecule has 1 saturated heterocycles. The Kier molecular flexibility index (Phi) is 5.52. The van der Waals surface area contributed by atoms with Gasteiger partial charge in [0.15, 0.2) is 0 Å². The minimum absolute atomic E-state index is 0.147. The van der Waals surface area contributed by atoms with E-state index in [2.05, 4.69) is 31.1 Å². The molecule has 31 heavy (non-hydrogen) atoms. The van der Waals surface area contributed by atoms with Gasteiger partial charge in [-0.3, -0.25) is 4.79 Å². The lowest BCUT2D eigenvalue weighted by Gasteiger charge is -2.26. The lowest BCUT2D eigenvalue weighted by atomic mass is 10.2. The fourth-order valence-corrected chi connectivity index (χ4v) is 3.88. The van der Waals surface area contributed by atoms with E-state index < -0.39 is 0 Å². The van der Waals surface area contributed by atoms with Crippen LogP contribution in [0.1, 0.15) is 6.42 Å². The molecule has 0 N–H and O–H groups in total. The van der Waals surface area contributed by atoms with Crippen LogP contribution in [-0.4, -0.2) is 56.8 Å². The molecule has 9 heteroatoms. The van der Waals surface area contributed by atoms with E-state index in [1.165, 1.54) is 0 Å². The topological polar surface area (TPSA) is 86.3 Å². The normalized spacial score (nSPS) is 14.3. The van der Waals surface area contributed by atoms with Gasteiger partial charge >= 0.3 is 0 Å². The highest BCUT2D eigenvalue weighted by Gasteiger charge is 2.17. The Hall–Kier alpha value is -3.04. The average molecular weight is 482 g/mol. The third-order valence-corrected chi connectivity index (χ3v) is 5.86. The molecule has 1 aliphatic heterocycles. The molecule has 2 aromatic heterocycles. The van der Waals surface area contributed by atoms with E-state index in [9.17, 15) is 4.79 Å². The number of benzene rings is 2. The molecular weight excluding hydrogens is 462 g/mol. The van der Waals surface area contributed by atoms with E-state index >= 15 is 0 Å². The third-order valence-electron chi connectivity index (χ3n) is 5.33. The lowest BCUT2D eigenvalue weighted by molar-refractivity contribution is -0.135. The van der Waals surface area contributed by atoms with Crippen molar-refractivity contribution < 1.29 is 14.1 Å². The van der Waals surface area contributed by atoms with Crippen LogP contribution >= 0.6 is 15.9 Å². The van der Waals surface area contributed by atoms with E-state index in [4.69, 9.17) is 9.26 Å². The van der Waals surface area contributed by atoms with Crippen molar-refractivity contribution in [1.82, 2.24) is 24.6 Å². The Balaban J connectivity index is 1.31. The van der Waals surface area contributed by atoms with Gasteiger partial charge in [0, 0.05) is 41.7 Å². The van der Waals surface area contributed by atoms with Crippen molar-refractivity contribution in [3.63, 3.8) is 0 Å². The van der Waals surface area contributed by atoms with Gasteiger partial charge in [-0.05, 0) is 42.5 Å². The van der Waals surface area contributed by atoms with Crippen LogP contribution in [0, 0.1) is 0 Å². The number of ether oxygens (including phenoxy) is 1. The summed E-state index contributed by atoms with van der Waals surface area (Å²) < 4.78 is 13.7. The van der Waals surface area contributed by atoms with Crippen LogP contribution in [-0.2, 0) is 16.1 Å². The Labute approximate surface area is 187 Å². The Morgan fingerprint density at radius 3 is 2.65 bits per heavy atom. The standard InChI is InChI=1S/C22H20BrN5O3/c23-17-4-1-15(2-5-17)22-25-21(26-31-22)16-3-6-19-18(13-16)24-14-28(19)8-7-20(29)27-9-11-30-12-10-27/h1-6,13-14H,7-12H2. The summed E-state index contributed by atoms with van der Waals surface area (Å²) >= 11 is 3.42. The first-order valence-electron chi connectivity index (χ1n) is 10.1. The molecule has 0 radical (unpaired) electrons. The second-order valence-corrected chi connectivity index (χ2v) is 8.23. The second-order valence-electron chi connectivity index (χ2n) is 7.31. The Morgan fingerprint density at radius 2 is 1.84 bits per heavy atom. The Bertz CT molecular complexity index is 1210. The van der Waals surface area contributed by atoms with Crippen molar-refractivity contribution >= 4 is 32.9 Å². The fourth-order valence-electron chi connectivity index (χ4n) is 3.62. The minimum Gasteiger partial charge on any atom is -0.378 e. The molecule has 1 amide bonds. The first kappa shape index (κ1) is 19.9. The van der Waals surface area contributed by atoms with Gasteiger partial charge in [-0.15, -0.1) is 0 Å². The molecule has 5 rings (SSSR count). The molecule has 4 aromatic rings. The number of aromatic nitrogens is 4. The number of rotatable bonds is 5. The zero-order valence-corrected chi connectivity index (χ0v) is 18.3. The predicted octanol–water partition coefficient (Wildman–Crippen LogP) is 3.76. The number of carbonyl (C=O) groups is 1. The summed E-state index contributed by atoms with van der Waals surface area (Å²) in [5, 5.41) is 4.12. The van der Waals surface area contributed by atoms with Gasteiger partial charge in [-0.25, -0.2) is 4.98 Å². The molecule has 0 bridgehead atoms. The zero-order chi connectivity index (χ0) is 21.2.